The molecule has 4 aromatic rings. The predicted molar refractivity (Wildman–Crippen MR) is 125 cm³/mol. The zero-order chi connectivity index (χ0) is 20.9. The van der Waals surface area contributed by atoms with Gasteiger partial charge in [-0.1, -0.05) is 30.2 Å². The normalized spacial score (nSPS) is 20.7. The Bertz CT molecular complexity index is 1060. The first kappa shape index (κ1) is 22.6. The molecule has 3 unspecified atom stereocenters. The van der Waals surface area contributed by atoms with Crippen LogP contribution in [0.15, 0.2) is 91.3 Å². The van der Waals surface area contributed by atoms with Gasteiger partial charge in [0.1, 0.15) is 0 Å². The number of hydrogen-bond acceptors (Lipinski definition) is 2. The Morgan fingerprint density at radius 1 is 0.688 bits per heavy atom. The first-order valence-electron chi connectivity index (χ1n) is 11.2. The Morgan fingerprint density at radius 3 is 2.00 bits per heavy atom. The van der Waals surface area contributed by atoms with Crippen molar-refractivity contribution in [1.82, 2.24) is 9.97 Å². The number of nitrogens with zero attached hydrogens (tertiary/aromatic N) is 2. The van der Waals surface area contributed by atoms with Crippen LogP contribution in [0, 0.1) is 24.0 Å². The molecular weight excluding hydrogens is 569 g/mol. The Morgan fingerprint density at radius 2 is 1.41 bits per heavy atom. The Kier molecular flexibility index (Phi) is 7.63. The van der Waals surface area contributed by atoms with Gasteiger partial charge in [-0.25, -0.2) is 0 Å². The van der Waals surface area contributed by atoms with Crippen molar-refractivity contribution in [1.29, 1.82) is 0 Å². The number of fused-ring (bicyclic) bond motifs is 2. The third kappa shape index (κ3) is 5.23. The van der Waals surface area contributed by atoms with Gasteiger partial charge < -0.3 is 9.97 Å². The zero-order valence-corrected chi connectivity index (χ0v) is 20.3. The summed E-state index contributed by atoms with van der Waals surface area (Å²) in [4.78, 5) is 8.73. The fourth-order valence-corrected chi connectivity index (χ4v) is 5.11. The Labute approximate surface area is 204 Å². The third-order valence-corrected chi connectivity index (χ3v) is 6.59. The van der Waals surface area contributed by atoms with Crippen LogP contribution in [0.25, 0.3) is 22.5 Å². The molecule has 32 heavy (non-hydrogen) atoms. The van der Waals surface area contributed by atoms with Gasteiger partial charge in [-0.15, -0.1) is 71.8 Å². The molecule has 0 saturated heterocycles. The molecule has 2 aliphatic carbocycles. The van der Waals surface area contributed by atoms with Gasteiger partial charge in [-0.05, 0) is 60.5 Å². The largest absolute Gasteiger partial charge is 0.305 e. The molecule has 2 nitrogen and oxygen atoms in total. The van der Waals surface area contributed by atoms with Crippen LogP contribution in [0.4, 0.5) is 0 Å². The molecule has 0 N–H and O–H groups in total. The molecular formula is C29H26IrN2-2. The van der Waals surface area contributed by atoms with E-state index < -0.39 is 0 Å². The third-order valence-electron chi connectivity index (χ3n) is 6.59. The van der Waals surface area contributed by atoms with Crippen molar-refractivity contribution in [3.05, 3.63) is 109 Å². The summed E-state index contributed by atoms with van der Waals surface area (Å²) in [5, 5.41) is 0. The van der Waals surface area contributed by atoms with Crippen LogP contribution in [0.5, 0.6) is 0 Å². The van der Waals surface area contributed by atoms with Crippen LogP contribution in [0.3, 0.4) is 0 Å². The van der Waals surface area contributed by atoms with Gasteiger partial charge in [0.25, 0.3) is 0 Å². The minimum atomic E-state index is 0. The maximum absolute atomic E-state index is 4.51. The molecule has 2 saturated carbocycles. The second kappa shape index (κ2) is 10.8. The van der Waals surface area contributed by atoms with E-state index in [0.29, 0.717) is 0 Å². The molecule has 2 fully saturated rings. The SMILES string of the molecule is [Ir].[c-]1ccccc1-c1cc(C2CC3CCC2C3)ccn1.[c-]1ccccc1-c1ccccn1. The van der Waals surface area contributed by atoms with E-state index in [1.165, 1.54) is 31.2 Å². The molecule has 1 radical (unpaired) electrons. The van der Waals surface area contributed by atoms with Crippen LogP contribution in [0.1, 0.15) is 37.2 Å². The summed E-state index contributed by atoms with van der Waals surface area (Å²) in [5.41, 5.74) is 5.68. The van der Waals surface area contributed by atoms with E-state index in [-0.39, 0.29) is 20.1 Å². The smallest absolute Gasteiger partial charge is 0.0163 e. The van der Waals surface area contributed by atoms with Gasteiger partial charge in [0.15, 0.2) is 0 Å². The van der Waals surface area contributed by atoms with Crippen molar-refractivity contribution in [3.63, 3.8) is 0 Å². The van der Waals surface area contributed by atoms with Crippen molar-refractivity contribution in [2.75, 3.05) is 0 Å². The van der Waals surface area contributed by atoms with Crippen LogP contribution < -0.4 is 0 Å². The molecule has 2 aromatic heterocycles. The summed E-state index contributed by atoms with van der Waals surface area (Å²) >= 11 is 0. The second-order valence-corrected chi connectivity index (χ2v) is 8.52. The van der Waals surface area contributed by atoms with Crippen molar-refractivity contribution in [2.24, 2.45) is 11.8 Å². The summed E-state index contributed by atoms with van der Waals surface area (Å²) in [6, 6.07) is 32.7. The van der Waals surface area contributed by atoms with E-state index in [9.17, 15) is 0 Å². The van der Waals surface area contributed by atoms with E-state index in [0.717, 1.165) is 40.3 Å². The summed E-state index contributed by atoms with van der Waals surface area (Å²) in [5.74, 6) is 2.71. The zero-order valence-electron chi connectivity index (χ0n) is 17.9. The number of pyridine rings is 2. The number of rotatable bonds is 3. The molecule has 163 valence electrons. The maximum atomic E-state index is 4.51. The van der Waals surface area contributed by atoms with Crippen molar-refractivity contribution in [3.8, 4) is 22.5 Å². The average molecular weight is 595 g/mol. The van der Waals surface area contributed by atoms with Crippen LogP contribution in [-0.2, 0) is 20.1 Å². The molecule has 2 aliphatic rings. The molecule has 0 aliphatic heterocycles. The van der Waals surface area contributed by atoms with Crippen LogP contribution in [0.2, 0.25) is 0 Å². The first-order valence-corrected chi connectivity index (χ1v) is 11.2. The Balaban J connectivity index is 0.000000164. The Hall–Kier alpha value is -2.61. The topological polar surface area (TPSA) is 25.8 Å². The molecule has 0 spiro atoms. The van der Waals surface area contributed by atoms with Crippen LogP contribution in [-0.4, -0.2) is 9.97 Å². The van der Waals surface area contributed by atoms with Crippen molar-refractivity contribution in [2.45, 2.75) is 31.6 Å². The average Bonchev–Trinajstić information content (AvgIpc) is 3.50. The van der Waals surface area contributed by atoms with E-state index in [1.807, 2.05) is 60.8 Å². The fraction of sp³-hybridized carbons (Fsp3) is 0.241. The summed E-state index contributed by atoms with van der Waals surface area (Å²) < 4.78 is 0. The number of hydrogen-bond donors (Lipinski definition) is 0. The molecule has 2 heterocycles. The molecule has 0 amide bonds. The molecule has 3 heteroatoms. The minimum absolute atomic E-state index is 0. The molecule has 3 atom stereocenters. The number of aromatic nitrogens is 2. The first-order chi connectivity index (χ1) is 15.4. The van der Waals surface area contributed by atoms with Gasteiger partial charge in [-0.2, -0.15) is 0 Å². The molecule has 6 rings (SSSR count). The van der Waals surface area contributed by atoms with E-state index in [1.54, 1.807) is 6.20 Å². The fourth-order valence-electron chi connectivity index (χ4n) is 5.11. The van der Waals surface area contributed by atoms with E-state index in [4.69, 9.17) is 0 Å². The predicted octanol–water partition coefficient (Wildman–Crippen LogP) is 7.00. The van der Waals surface area contributed by atoms with Crippen molar-refractivity contribution >= 4 is 0 Å². The van der Waals surface area contributed by atoms with Crippen molar-refractivity contribution < 1.29 is 20.1 Å². The van der Waals surface area contributed by atoms with Gasteiger partial charge in [0, 0.05) is 32.5 Å². The van der Waals surface area contributed by atoms with Gasteiger partial charge in [0.05, 0.1) is 0 Å². The minimum Gasteiger partial charge on any atom is -0.305 e. The second-order valence-electron chi connectivity index (χ2n) is 8.52. The summed E-state index contributed by atoms with van der Waals surface area (Å²) in [7, 11) is 0. The van der Waals surface area contributed by atoms with Crippen LogP contribution >= 0.6 is 0 Å². The van der Waals surface area contributed by atoms with E-state index >= 15 is 0 Å². The molecule has 2 aromatic carbocycles. The number of benzene rings is 2. The van der Waals surface area contributed by atoms with Gasteiger partial charge in [-0.3, -0.25) is 0 Å². The molecule has 2 bridgehead atoms. The standard InChI is InChI=1S/C18H18N.C11H8N.Ir/c1-2-4-14(5-3-1)18-12-16(8-9-19-18)17-11-13-6-7-15(17)10-13;1-2-6-10(7-3-1)11-8-4-5-9-12-11;/h1-4,8-9,12-13,15,17H,6-7,10-11H2;1-6,8-9H;/q2*-1;. The van der Waals surface area contributed by atoms with E-state index in [2.05, 4.69) is 46.4 Å². The monoisotopic (exact) mass is 595 g/mol. The quantitative estimate of drug-likeness (QED) is 0.239. The van der Waals surface area contributed by atoms with Gasteiger partial charge >= 0.3 is 0 Å². The maximum Gasteiger partial charge on any atom is 0.0163 e. The summed E-state index contributed by atoms with van der Waals surface area (Å²) in [6.07, 6.45) is 9.51. The van der Waals surface area contributed by atoms with Gasteiger partial charge in [0.2, 0.25) is 0 Å². The summed E-state index contributed by atoms with van der Waals surface area (Å²) in [6.45, 7) is 0.